The maximum atomic E-state index is 6.43. The molecule has 2 aromatic rings. The van der Waals surface area contributed by atoms with E-state index in [-0.39, 0.29) is 5.04 Å². The smallest absolute Gasteiger partial charge is 0.192 e. The second kappa shape index (κ2) is 7.93. The van der Waals surface area contributed by atoms with Crippen LogP contribution in [0.4, 0.5) is 0 Å². The molecule has 0 aromatic heterocycles. The minimum atomic E-state index is -1.73. The fourth-order valence-corrected chi connectivity index (χ4v) is 4.03. The zero-order chi connectivity index (χ0) is 20.5. The highest BCUT2D eigenvalue weighted by Crippen LogP contribution is 2.37. The monoisotopic (exact) mass is 382 g/mol. The van der Waals surface area contributed by atoms with E-state index >= 15 is 0 Å². The van der Waals surface area contributed by atoms with Crippen molar-refractivity contribution >= 4 is 8.32 Å². The summed E-state index contributed by atoms with van der Waals surface area (Å²) in [6.07, 6.45) is 1.10. The molecule has 0 saturated carbocycles. The molecule has 0 aliphatic carbocycles. The van der Waals surface area contributed by atoms with Gasteiger partial charge in [0.2, 0.25) is 0 Å². The van der Waals surface area contributed by atoms with E-state index in [1.165, 1.54) is 27.8 Å². The lowest BCUT2D eigenvalue weighted by atomic mass is 9.84. The molecule has 0 unspecified atom stereocenters. The lowest BCUT2D eigenvalue weighted by Gasteiger charge is -2.36. The molecule has 0 aliphatic heterocycles. The third kappa shape index (κ3) is 5.79. The molecular weight excluding hydrogens is 344 g/mol. The highest BCUT2D eigenvalue weighted by Gasteiger charge is 2.37. The highest BCUT2D eigenvalue weighted by atomic mass is 28.4. The summed E-state index contributed by atoms with van der Waals surface area (Å²) in [7, 11) is -1.73. The van der Waals surface area contributed by atoms with Crippen molar-refractivity contribution in [2.75, 3.05) is 0 Å². The fourth-order valence-electron chi connectivity index (χ4n) is 3.07. The van der Waals surface area contributed by atoms with E-state index in [1.54, 1.807) is 0 Å². The Bertz CT molecular complexity index is 776. The predicted octanol–water partition coefficient (Wildman–Crippen LogP) is 7.77. The van der Waals surface area contributed by atoms with Crippen molar-refractivity contribution in [3.05, 3.63) is 59.2 Å². The summed E-state index contributed by atoms with van der Waals surface area (Å²) >= 11 is 0. The van der Waals surface area contributed by atoms with Gasteiger partial charge < -0.3 is 4.43 Å². The average molecular weight is 383 g/mol. The molecule has 1 nitrogen and oxygen atoms in total. The van der Waals surface area contributed by atoms with Crippen LogP contribution < -0.4 is 0 Å². The van der Waals surface area contributed by atoms with Gasteiger partial charge in [0.05, 0.1) is 6.61 Å². The fraction of sp³-hybridized carbons (Fsp3) is 0.520. The van der Waals surface area contributed by atoms with E-state index < -0.39 is 8.32 Å². The van der Waals surface area contributed by atoms with Crippen molar-refractivity contribution in [2.45, 2.75) is 79.6 Å². The second-order valence-corrected chi connectivity index (χ2v) is 15.4. The summed E-state index contributed by atoms with van der Waals surface area (Å²) < 4.78 is 6.43. The molecule has 0 spiro atoms. The van der Waals surface area contributed by atoms with Crippen LogP contribution in [-0.4, -0.2) is 8.32 Å². The van der Waals surface area contributed by atoms with Gasteiger partial charge in [0.1, 0.15) is 0 Å². The SMILES string of the molecule is Cc1c(CC(C)(C)C)cccc1-c1cccc(CO[Si](C)(C)C(C)(C)C)c1. The Morgan fingerprint density at radius 3 is 2.11 bits per heavy atom. The maximum Gasteiger partial charge on any atom is 0.192 e. The van der Waals surface area contributed by atoms with E-state index in [1.807, 2.05) is 0 Å². The molecule has 0 atom stereocenters. The van der Waals surface area contributed by atoms with Gasteiger partial charge in [-0.2, -0.15) is 0 Å². The van der Waals surface area contributed by atoms with Gasteiger partial charge in [0, 0.05) is 0 Å². The lowest BCUT2D eigenvalue weighted by Crippen LogP contribution is -2.40. The van der Waals surface area contributed by atoms with Crippen LogP contribution in [-0.2, 0) is 17.5 Å². The maximum absolute atomic E-state index is 6.43. The molecule has 0 fully saturated rings. The van der Waals surface area contributed by atoms with Crippen LogP contribution >= 0.6 is 0 Å². The van der Waals surface area contributed by atoms with Crippen LogP contribution in [0, 0.1) is 12.3 Å². The molecule has 2 heteroatoms. The van der Waals surface area contributed by atoms with E-state index in [2.05, 4.69) is 104 Å². The van der Waals surface area contributed by atoms with E-state index in [0.717, 1.165) is 6.42 Å². The van der Waals surface area contributed by atoms with Crippen molar-refractivity contribution in [2.24, 2.45) is 5.41 Å². The van der Waals surface area contributed by atoms with Gasteiger partial charge in [-0.05, 0) is 70.8 Å². The molecule has 0 saturated heterocycles. The summed E-state index contributed by atoms with van der Waals surface area (Å²) in [5.74, 6) is 0. The first-order valence-electron chi connectivity index (χ1n) is 10.1. The normalized spacial score (nSPS) is 13.1. The zero-order valence-electron chi connectivity index (χ0n) is 18.9. The molecule has 0 heterocycles. The minimum absolute atomic E-state index is 0.239. The zero-order valence-corrected chi connectivity index (χ0v) is 19.9. The first-order valence-corrected chi connectivity index (χ1v) is 13.0. The molecule has 0 amide bonds. The first kappa shape index (κ1) is 21.9. The van der Waals surface area contributed by atoms with Crippen molar-refractivity contribution < 1.29 is 4.43 Å². The number of hydrogen-bond acceptors (Lipinski definition) is 1. The number of hydrogen-bond donors (Lipinski definition) is 0. The topological polar surface area (TPSA) is 9.23 Å². The summed E-state index contributed by atoms with van der Waals surface area (Å²) in [5, 5.41) is 0.239. The van der Waals surface area contributed by atoms with Crippen molar-refractivity contribution in [3.8, 4) is 11.1 Å². The van der Waals surface area contributed by atoms with E-state index in [0.29, 0.717) is 12.0 Å². The van der Waals surface area contributed by atoms with Gasteiger partial charge >= 0.3 is 0 Å². The van der Waals surface area contributed by atoms with Crippen molar-refractivity contribution in [1.29, 1.82) is 0 Å². The van der Waals surface area contributed by atoms with Crippen LogP contribution in [0.1, 0.15) is 58.2 Å². The number of benzene rings is 2. The van der Waals surface area contributed by atoms with Gasteiger partial charge in [-0.15, -0.1) is 0 Å². The molecule has 148 valence electrons. The lowest BCUT2D eigenvalue weighted by molar-refractivity contribution is 0.276. The second-order valence-electron chi connectivity index (χ2n) is 10.6. The molecule has 0 aliphatic rings. The summed E-state index contributed by atoms with van der Waals surface area (Å²) in [6.45, 7) is 21.4. The Morgan fingerprint density at radius 1 is 0.889 bits per heavy atom. The summed E-state index contributed by atoms with van der Waals surface area (Å²) in [6, 6.07) is 15.6. The Labute approximate surface area is 168 Å². The number of rotatable bonds is 5. The largest absolute Gasteiger partial charge is 0.413 e. The Kier molecular flexibility index (Phi) is 6.43. The predicted molar refractivity (Wildman–Crippen MR) is 122 cm³/mol. The van der Waals surface area contributed by atoms with Crippen LogP contribution in [0.15, 0.2) is 42.5 Å². The highest BCUT2D eigenvalue weighted by molar-refractivity contribution is 6.74. The standard InChI is InChI=1S/C25H38OSi/c1-19-22(17-24(2,3)4)14-11-15-23(19)21-13-10-12-20(16-21)18-26-27(8,9)25(5,6)7/h10-16H,17-18H2,1-9H3. The molecule has 2 aromatic carbocycles. The molecule has 0 radical (unpaired) electrons. The Hall–Kier alpha value is -1.38. The first-order chi connectivity index (χ1) is 12.3. The van der Waals surface area contributed by atoms with E-state index in [9.17, 15) is 0 Å². The molecule has 0 N–H and O–H groups in total. The van der Waals surface area contributed by atoms with Gasteiger partial charge in [0.15, 0.2) is 8.32 Å². The van der Waals surface area contributed by atoms with Crippen LogP contribution in [0.25, 0.3) is 11.1 Å². The summed E-state index contributed by atoms with van der Waals surface area (Å²) in [5.41, 5.74) is 7.03. The molecule has 0 bridgehead atoms. The van der Waals surface area contributed by atoms with Gasteiger partial charge in [-0.3, -0.25) is 0 Å². The molecular formula is C25H38OSi. The van der Waals surface area contributed by atoms with Crippen molar-refractivity contribution in [3.63, 3.8) is 0 Å². The van der Waals surface area contributed by atoms with Gasteiger partial charge in [-0.25, -0.2) is 0 Å². The average Bonchev–Trinajstić information content (AvgIpc) is 2.53. The van der Waals surface area contributed by atoms with Crippen LogP contribution in [0.3, 0.4) is 0 Å². The van der Waals surface area contributed by atoms with Crippen molar-refractivity contribution in [1.82, 2.24) is 0 Å². The quantitative estimate of drug-likeness (QED) is 0.480. The Morgan fingerprint density at radius 2 is 1.52 bits per heavy atom. The van der Waals surface area contributed by atoms with Gasteiger partial charge in [0.25, 0.3) is 0 Å². The summed E-state index contributed by atoms with van der Waals surface area (Å²) in [4.78, 5) is 0. The Balaban J connectivity index is 2.27. The van der Waals surface area contributed by atoms with Gasteiger partial charge in [-0.1, -0.05) is 77.9 Å². The minimum Gasteiger partial charge on any atom is -0.413 e. The third-order valence-electron chi connectivity index (χ3n) is 5.81. The van der Waals surface area contributed by atoms with Crippen LogP contribution in [0.2, 0.25) is 18.1 Å². The third-order valence-corrected chi connectivity index (χ3v) is 10.3. The van der Waals surface area contributed by atoms with Crippen LogP contribution in [0.5, 0.6) is 0 Å². The molecule has 27 heavy (non-hydrogen) atoms. The molecule has 2 rings (SSSR count). The van der Waals surface area contributed by atoms with E-state index in [4.69, 9.17) is 4.43 Å².